The third-order valence-electron chi connectivity index (χ3n) is 3.21. The van der Waals surface area contributed by atoms with E-state index in [2.05, 4.69) is 15.9 Å². The molecule has 0 unspecified atom stereocenters. The lowest BCUT2D eigenvalue weighted by Gasteiger charge is -2.34. The highest BCUT2D eigenvalue weighted by Gasteiger charge is 2.31. The summed E-state index contributed by atoms with van der Waals surface area (Å²) in [6.45, 7) is 0. The molecular weight excluding hydrogens is 257 g/mol. The lowest BCUT2D eigenvalue weighted by molar-refractivity contribution is 0.293. The van der Waals surface area contributed by atoms with Gasteiger partial charge in [0.15, 0.2) is 0 Å². The van der Waals surface area contributed by atoms with Gasteiger partial charge in [0.25, 0.3) is 0 Å². The van der Waals surface area contributed by atoms with E-state index in [1.165, 1.54) is 12.5 Å². The zero-order valence-corrected chi connectivity index (χ0v) is 10.2. The molecule has 2 N–H and O–H groups in total. The Morgan fingerprint density at radius 2 is 1.87 bits per heavy atom. The molecule has 1 saturated carbocycles. The summed E-state index contributed by atoms with van der Waals surface area (Å²) < 4.78 is 14.5. The van der Waals surface area contributed by atoms with Gasteiger partial charge in [-0.25, -0.2) is 4.39 Å². The molecule has 1 nitrogen and oxygen atoms in total. The maximum absolute atomic E-state index is 13.8. The van der Waals surface area contributed by atoms with E-state index in [9.17, 15) is 4.39 Å². The van der Waals surface area contributed by atoms with Gasteiger partial charge in [-0.2, -0.15) is 0 Å². The second kappa shape index (κ2) is 4.22. The molecule has 1 aromatic rings. The average molecular weight is 272 g/mol. The Morgan fingerprint density at radius 3 is 2.47 bits per heavy atom. The molecule has 0 atom stereocenters. The van der Waals surface area contributed by atoms with Crippen molar-refractivity contribution in [3.05, 3.63) is 34.1 Å². The molecule has 0 amide bonds. The molecule has 82 valence electrons. The molecule has 1 aromatic carbocycles. The molecule has 0 radical (unpaired) electrons. The van der Waals surface area contributed by atoms with Gasteiger partial charge in [-0.3, -0.25) is 0 Å². The summed E-state index contributed by atoms with van der Waals surface area (Å²) in [5, 5.41) is 0. The number of rotatable bonds is 1. The summed E-state index contributed by atoms with van der Waals surface area (Å²) in [5.74, 6) is -0.186. The Bertz CT molecular complexity index is 359. The second-order valence-electron chi connectivity index (χ2n) is 4.34. The minimum atomic E-state index is -0.441. The minimum Gasteiger partial charge on any atom is -0.321 e. The van der Waals surface area contributed by atoms with E-state index in [0.717, 1.165) is 30.2 Å². The molecule has 0 saturated heterocycles. The summed E-state index contributed by atoms with van der Waals surface area (Å²) in [6.07, 6.45) is 5.21. The molecule has 0 spiro atoms. The molecule has 0 bridgehead atoms. The predicted molar refractivity (Wildman–Crippen MR) is 63.1 cm³/mol. The summed E-state index contributed by atoms with van der Waals surface area (Å²) >= 11 is 3.26. The van der Waals surface area contributed by atoms with Gasteiger partial charge in [0, 0.05) is 15.6 Å². The van der Waals surface area contributed by atoms with Crippen molar-refractivity contribution in [3.8, 4) is 0 Å². The van der Waals surface area contributed by atoms with Crippen LogP contribution in [0.25, 0.3) is 0 Å². The van der Waals surface area contributed by atoms with Crippen LogP contribution in [0.5, 0.6) is 0 Å². The van der Waals surface area contributed by atoms with Crippen LogP contribution >= 0.6 is 15.9 Å². The second-order valence-corrected chi connectivity index (χ2v) is 5.26. The maximum Gasteiger partial charge on any atom is 0.129 e. The van der Waals surface area contributed by atoms with Gasteiger partial charge >= 0.3 is 0 Å². The summed E-state index contributed by atoms with van der Waals surface area (Å²) in [7, 11) is 0. The van der Waals surface area contributed by atoms with Gasteiger partial charge in [-0.15, -0.1) is 0 Å². The van der Waals surface area contributed by atoms with Crippen molar-refractivity contribution in [2.45, 2.75) is 37.6 Å². The van der Waals surface area contributed by atoms with Crippen LogP contribution in [-0.4, -0.2) is 0 Å². The van der Waals surface area contributed by atoms with Crippen LogP contribution in [0, 0.1) is 5.82 Å². The zero-order valence-electron chi connectivity index (χ0n) is 8.60. The van der Waals surface area contributed by atoms with Crippen molar-refractivity contribution in [1.82, 2.24) is 0 Å². The van der Waals surface area contributed by atoms with Crippen LogP contribution in [-0.2, 0) is 5.54 Å². The summed E-state index contributed by atoms with van der Waals surface area (Å²) in [5.41, 5.74) is 6.51. The Balaban J connectivity index is 2.35. The van der Waals surface area contributed by atoms with E-state index in [4.69, 9.17) is 5.73 Å². The van der Waals surface area contributed by atoms with Crippen LogP contribution in [0.3, 0.4) is 0 Å². The van der Waals surface area contributed by atoms with Crippen molar-refractivity contribution < 1.29 is 4.39 Å². The molecule has 1 aliphatic rings. The van der Waals surface area contributed by atoms with Crippen LogP contribution in [0.4, 0.5) is 4.39 Å². The predicted octanol–water partition coefficient (Wildman–Crippen LogP) is 3.71. The first-order valence-electron chi connectivity index (χ1n) is 5.36. The van der Waals surface area contributed by atoms with Crippen molar-refractivity contribution in [1.29, 1.82) is 0 Å². The number of nitrogens with two attached hydrogens (primary N) is 1. The van der Waals surface area contributed by atoms with Crippen LogP contribution in [0.1, 0.15) is 37.7 Å². The fourth-order valence-electron chi connectivity index (χ4n) is 2.35. The van der Waals surface area contributed by atoms with Gasteiger partial charge in [0.2, 0.25) is 0 Å². The summed E-state index contributed by atoms with van der Waals surface area (Å²) in [4.78, 5) is 0. The van der Waals surface area contributed by atoms with Gasteiger partial charge in [0.1, 0.15) is 5.82 Å². The van der Waals surface area contributed by atoms with E-state index < -0.39 is 5.54 Å². The molecule has 3 heteroatoms. The Morgan fingerprint density at radius 1 is 1.20 bits per heavy atom. The largest absolute Gasteiger partial charge is 0.321 e. The smallest absolute Gasteiger partial charge is 0.129 e. The first kappa shape index (κ1) is 11.1. The van der Waals surface area contributed by atoms with E-state index in [1.54, 1.807) is 0 Å². The normalized spacial score (nSPS) is 20.2. The first-order valence-corrected chi connectivity index (χ1v) is 6.15. The number of benzene rings is 1. The molecule has 0 aromatic heterocycles. The minimum absolute atomic E-state index is 0.186. The lowest BCUT2D eigenvalue weighted by atomic mass is 9.77. The van der Waals surface area contributed by atoms with Crippen molar-refractivity contribution in [2.24, 2.45) is 5.73 Å². The Hall–Kier alpha value is -0.410. The van der Waals surface area contributed by atoms with E-state index in [-0.39, 0.29) is 5.82 Å². The standard InChI is InChI=1S/C12H15BrFN/c13-9-4-5-10(11(14)8-9)12(15)6-2-1-3-7-12/h4-5,8H,1-3,6-7,15H2. The molecule has 15 heavy (non-hydrogen) atoms. The molecule has 2 rings (SSSR count). The fourth-order valence-corrected chi connectivity index (χ4v) is 2.68. The molecule has 0 heterocycles. The number of halogens is 2. The summed E-state index contributed by atoms with van der Waals surface area (Å²) in [6, 6.07) is 5.17. The highest BCUT2D eigenvalue weighted by molar-refractivity contribution is 9.10. The quantitative estimate of drug-likeness (QED) is 0.828. The first-order chi connectivity index (χ1) is 7.12. The third kappa shape index (κ3) is 2.23. The molecule has 1 aliphatic carbocycles. The highest BCUT2D eigenvalue weighted by Crippen LogP contribution is 2.36. The van der Waals surface area contributed by atoms with Crippen LogP contribution < -0.4 is 5.73 Å². The van der Waals surface area contributed by atoms with Crippen molar-refractivity contribution >= 4 is 15.9 Å². The number of hydrogen-bond donors (Lipinski definition) is 1. The molecule has 1 fully saturated rings. The molecule has 0 aliphatic heterocycles. The third-order valence-corrected chi connectivity index (χ3v) is 3.71. The zero-order chi connectivity index (χ0) is 10.9. The monoisotopic (exact) mass is 271 g/mol. The number of hydrogen-bond acceptors (Lipinski definition) is 1. The van der Waals surface area contributed by atoms with Gasteiger partial charge in [0.05, 0.1) is 0 Å². The Labute approximate surface area is 98.0 Å². The van der Waals surface area contributed by atoms with Gasteiger partial charge in [-0.05, 0) is 25.0 Å². The van der Waals surface area contributed by atoms with Crippen molar-refractivity contribution in [3.63, 3.8) is 0 Å². The fraction of sp³-hybridized carbons (Fsp3) is 0.500. The maximum atomic E-state index is 13.8. The van der Waals surface area contributed by atoms with E-state index in [1.807, 2.05) is 12.1 Å². The topological polar surface area (TPSA) is 26.0 Å². The van der Waals surface area contributed by atoms with Gasteiger partial charge < -0.3 is 5.73 Å². The lowest BCUT2D eigenvalue weighted by Crippen LogP contribution is -2.39. The van der Waals surface area contributed by atoms with Crippen LogP contribution in [0.2, 0.25) is 0 Å². The van der Waals surface area contributed by atoms with Crippen LogP contribution in [0.15, 0.2) is 22.7 Å². The molecular formula is C12H15BrFN. The van der Waals surface area contributed by atoms with E-state index >= 15 is 0 Å². The van der Waals surface area contributed by atoms with E-state index in [0.29, 0.717) is 5.56 Å². The van der Waals surface area contributed by atoms with Gasteiger partial charge in [-0.1, -0.05) is 41.3 Å². The van der Waals surface area contributed by atoms with Crippen molar-refractivity contribution in [2.75, 3.05) is 0 Å². The SMILES string of the molecule is NC1(c2ccc(Br)cc2F)CCCCC1. The Kier molecular flexibility index (Phi) is 3.12. The average Bonchev–Trinajstić information content (AvgIpc) is 2.18. The highest BCUT2D eigenvalue weighted by atomic mass is 79.9.